The molecular formula is C54H66N14O6. The number of hydrogen-bond acceptors (Lipinski definition) is 15. The Balaban J connectivity index is 0.695. The first kappa shape index (κ1) is 49.9. The number of fused-ring (bicyclic) bond motifs is 2. The lowest BCUT2D eigenvalue weighted by molar-refractivity contribution is -0.121. The first-order chi connectivity index (χ1) is 35.8. The molecule has 10 rings (SSSR count). The number of nitrogens with one attached hydrogen (secondary N) is 3. The van der Waals surface area contributed by atoms with Crippen LogP contribution in [0.3, 0.4) is 0 Å². The number of amides is 3. The van der Waals surface area contributed by atoms with E-state index in [-0.39, 0.29) is 35.7 Å². The predicted molar refractivity (Wildman–Crippen MR) is 283 cm³/mol. The molecule has 74 heavy (non-hydrogen) atoms. The van der Waals surface area contributed by atoms with Crippen LogP contribution in [-0.2, 0) is 20.7 Å². The second kappa shape index (κ2) is 21.5. The number of methoxy groups -OCH3 is 2. The van der Waals surface area contributed by atoms with Crippen LogP contribution in [0.2, 0.25) is 0 Å². The zero-order valence-corrected chi connectivity index (χ0v) is 42.6. The number of carbonyl (C=O) groups excluding carboxylic acids is 3. The molecule has 20 heteroatoms. The van der Waals surface area contributed by atoms with E-state index in [1.54, 1.807) is 31.8 Å². The number of nitrogens with zero attached hydrogens (tertiary/aromatic N) is 9. The van der Waals surface area contributed by atoms with Crippen LogP contribution in [0.15, 0.2) is 67.3 Å². The van der Waals surface area contributed by atoms with Crippen LogP contribution >= 0.6 is 0 Å². The molecule has 0 bridgehead atoms. The smallest absolute Gasteiger partial charge is 0.410 e. The van der Waals surface area contributed by atoms with Gasteiger partial charge < -0.3 is 55.7 Å². The minimum atomic E-state index is -0.784. The van der Waals surface area contributed by atoms with E-state index >= 15 is 0 Å². The van der Waals surface area contributed by atoms with Gasteiger partial charge in [0.2, 0.25) is 11.8 Å². The van der Waals surface area contributed by atoms with Gasteiger partial charge in [-0.2, -0.15) is 0 Å². The molecule has 0 radical (unpaired) electrons. The van der Waals surface area contributed by atoms with Gasteiger partial charge in [-0.25, -0.2) is 34.7 Å². The fourth-order valence-corrected chi connectivity index (χ4v) is 10.8. The lowest BCUT2D eigenvalue weighted by Gasteiger charge is -2.31. The van der Waals surface area contributed by atoms with Crippen LogP contribution in [0.25, 0.3) is 33.5 Å². The molecule has 0 atom stereocenters. The number of anilines is 4. The number of imidazole rings is 2. The van der Waals surface area contributed by atoms with E-state index in [2.05, 4.69) is 51.1 Å². The van der Waals surface area contributed by atoms with Crippen molar-refractivity contribution in [2.75, 3.05) is 62.5 Å². The maximum absolute atomic E-state index is 13.6. The highest BCUT2D eigenvalue weighted by molar-refractivity contribution is 5.93. The quantitative estimate of drug-likeness (QED) is 0.0695. The van der Waals surface area contributed by atoms with Crippen molar-refractivity contribution >= 4 is 74.4 Å². The van der Waals surface area contributed by atoms with E-state index in [1.807, 2.05) is 62.4 Å². The highest BCUT2D eigenvalue weighted by Gasteiger charge is 2.33. The molecular weight excluding hydrogens is 941 g/mol. The third-order valence-corrected chi connectivity index (χ3v) is 15.2. The monoisotopic (exact) mass is 1010 g/mol. The Morgan fingerprint density at radius 3 is 1.86 bits per heavy atom. The Morgan fingerprint density at radius 2 is 1.32 bits per heavy atom. The number of ether oxygens (including phenoxy) is 3. The van der Waals surface area contributed by atoms with Crippen molar-refractivity contribution in [3.05, 3.63) is 84.5 Å². The molecule has 7 N–H and O–H groups in total. The Bertz CT molecular complexity index is 3130. The van der Waals surface area contributed by atoms with Crippen molar-refractivity contribution in [2.24, 2.45) is 11.8 Å². The molecule has 388 valence electrons. The molecule has 2 aromatic carbocycles. The standard InChI is InChI=1S/C54H66N14O6/c1-54(2,23-18-32-8-13-38(29-42(32)73-4)61-52(70)36-11-16-39(17-12-36)67-30-58-43-45(55)62-47(64-49(43)67)33-19-24-57-25-20-33)74-53(71)66-26-21-34(22-27-66)48-63-46(56)44-50(65-48)68(31-59-44)40-14-9-35(10-15-40)51(69)60-37-6-5-7-41(28-37)72-3/h5-8,13,19,21,28-31,35-36,39-40,57H,9-12,14-18,20,22-27H2,1-4H3,(H,60,69)(H,61,70)(H2,55,62,64)(H2,56,63,65). The molecule has 2 aliphatic carbocycles. The lowest BCUT2D eigenvalue weighted by Crippen LogP contribution is -2.40. The predicted octanol–water partition coefficient (Wildman–Crippen LogP) is 7.90. The number of aryl methyl sites for hydroxylation is 1. The Kier molecular flexibility index (Phi) is 14.5. The summed E-state index contributed by atoms with van der Waals surface area (Å²) in [6.45, 7) is 6.24. The molecule has 20 nitrogen and oxygen atoms in total. The fraction of sp³-hybridized carbons (Fsp3) is 0.463. The zero-order valence-electron chi connectivity index (χ0n) is 42.6. The number of nitrogens with two attached hydrogens (primary N) is 2. The molecule has 6 aromatic rings. The summed E-state index contributed by atoms with van der Waals surface area (Å²) in [5.74, 6) is 2.95. The summed E-state index contributed by atoms with van der Waals surface area (Å²) in [6.07, 6.45) is 15.9. The third kappa shape index (κ3) is 10.9. The summed E-state index contributed by atoms with van der Waals surface area (Å²) in [7, 11) is 3.22. The summed E-state index contributed by atoms with van der Waals surface area (Å²) in [4.78, 5) is 70.2. The molecule has 0 unspecified atom stereocenters. The SMILES string of the molecule is COc1cccc(NC(=O)C2CCC(n3cnc4c(N)nc(C5=CCN(C(=O)OC(C)(C)CCc6ccc(NC(=O)C7CCC(n8cnc9c(N)nc(C%10=CCNCC%10)nc98)CC7)cc6OC)CC5)nc43)CC2)c1. The fourth-order valence-electron chi connectivity index (χ4n) is 10.8. The third-order valence-electron chi connectivity index (χ3n) is 15.2. The number of carbonyl (C=O) groups is 3. The first-order valence-electron chi connectivity index (χ1n) is 25.8. The number of hydrogen-bond donors (Lipinski definition) is 5. The van der Waals surface area contributed by atoms with Gasteiger partial charge in [0, 0.05) is 67.1 Å². The minimum absolute atomic E-state index is 0.00786. The minimum Gasteiger partial charge on any atom is -0.497 e. The van der Waals surface area contributed by atoms with E-state index < -0.39 is 11.7 Å². The molecule has 3 amide bonds. The topological polar surface area (TPSA) is 257 Å². The normalized spacial score (nSPS) is 20.4. The summed E-state index contributed by atoms with van der Waals surface area (Å²) < 4.78 is 21.4. The number of aromatic nitrogens is 8. The highest BCUT2D eigenvalue weighted by Crippen LogP contribution is 2.38. The van der Waals surface area contributed by atoms with Gasteiger partial charge >= 0.3 is 6.09 Å². The van der Waals surface area contributed by atoms with E-state index in [0.29, 0.717) is 95.2 Å². The largest absolute Gasteiger partial charge is 0.497 e. The maximum atomic E-state index is 13.6. The average Bonchev–Trinajstić information content (AvgIpc) is 4.07. The van der Waals surface area contributed by atoms with Crippen molar-refractivity contribution in [3.63, 3.8) is 0 Å². The molecule has 4 aromatic heterocycles. The maximum Gasteiger partial charge on any atom is 0.410 e. The van der Waals surface area contributed by atoms with Crippen molar-refractivity contribution in [1.29, 1.82) is 0 Å². The molecule has 0 spiro atoms. The van der Waals surface area contributed by atoms with Crippen LogP contribution in [0.4, 0.5) is 27.8 Å². The zero-order chi connectivity index (χ0) is 51.5. The van der Waals surface area contributed by atoms with Crippen molar-refractivity contribution in [1.82, 2.24) is 49.3 Å². The van der Waals surface area contributed by atoms with E-state index in [1.165, 1.54) is 0 Å². The van der Waals surface area contributed by atoms with Crippen LogP contribution in [0, 0.1) is 11.8 Å². The van der Waals surface area contributed by atoms with Gasteiger partial charge in [-0.1, -0.05) is 24.3 Å². The molecule has 2 aliphatic heterocycles. The van der Waals surface area contributed by atoms with E-state index in [0.717, 1.165) is 93.2 Å². The second-order valence-corrected chi connectivity index (χ2v) is 20.5. The van der Waals surface area contributed by atoms with Crippen molar-refractivity contribution in [2.45, 2.75) is 109 Å². The molecule has 2 saturated carbocycles. The molecule has 4 aliphatic rings. The lowest BCUT2D eigenvalue weighted by atomic mass is 9.85. The molecule has 2 fully saturated rings. The van der Waals surface area contributed by atoms with Gasteiger partial charge in [0.15, 0.2) is 34.6 Å². The Hall–Kier alpha value is -7.61. The van der Waals surface area contributed by atoms with Crippen LogP contribution < -0.4 is 36.9 Å². The first-order valence-corrected chi connectivity index (χ1v) is 25.8. The van der Waals surface area contributed by atoms with Gasteiger partial charge in [-0.05, 0) is 132 Å². The average molecular weight is 1010 g/mol. The highest BCUT2D eigenvalue weighted by atomic mass is 16.6. The van der Waals surface area contributed by atoms with Gasteiger partial charge in [0.25, 0.3) is 0 Å². The van der Waals surface area contributed by atoms with Crippen molar-refractivity contribution in [3.8, 4) is 11.5 Å². The number of benzene rings is 2. The number of rotatable bonds is 14. The molecule has 6 heterocycles. The van der Waals surface area contributed by atoms with E-state index in [9.17, 15) is 14.4 Å². The van der Waals surface area contributed by atoms with Crippen LogP contribution in [-0.4, -0.2) is 108 Å². The Labute approximate surface area is 429 Å². The summed E-state index contributed by atoms with van der Waals surface area (Å²) in [5.41, 5.74) is 18.9. The van der Waals surface area contributed by atoms with Gasteiger partial charge in [-0.3, -0.25) is 9.59 Å². The van der Waals surface area contributed by atoms with Crippen LogP contribution in [0.5, 0.6) is 11.5 Å². The summed E-state index contributed by atoms with van der Waals surface area (Å²) in [5, 5.41) is 9.50. The summed E-state index contributed by atoms with van der Waals surface area (Å²) >= 11 is 0. The van der Waals surface area contributed by atoms with Gasteiger partial charge in [0.1, 0.15) is 28.1 Å². The van der Waals surface area contributed by atoms with Gasteiger partial charge in [0.05, 0.1) is 26.9 Å². The second-order valence-electron chi connectivity index (χ2n) is 20.5. The van der Waals surface area contributed by atoms with Crippen molar-refractivity contribution < 1.29 is 28.6 Å². The van der Waals surface area contributed by atoms with Gasteiger partial charge in [-0.15, -0.1) is 0 Å². The Morgan fingerprint density at radius 1 is 0.730 bits per heavy atom. The molecule has 0 saturated heterocycles. The number of nitrogen functional groups attached to an aromatic ring is 2. The summed E-state index contributed by atoms with van der Waals surface area (Å²) in [6, 6.07) is 13.4. The van der Waals surface area contributed by atoms with Crippen LogP contribution in [0.1, 0.15) is 114 Å². The van der Waals surface area contributed by atoms with E-state index in [4.69, 9.17) is 35.6 Å².